The van der Waals surface area contributed by atoms with Gasteiger partial charge >= 0.3 is 0 Å². The third-order valence-electron chi connectivity index (χ3n) is 5.44. The number of anilines is 2. The second kappa shape index (κ2) is 8.99. The Labute approximate surface area is 191 Å². The standard InChI is InChI=1S/C23H26N8O2/c1-15(2)31-28-13-21(29-31)30(24)23-19-11-17(5-7-20(19)26-14-27-23)33-22-8-6-18(12-25-22)32-10-9-16-3-4-16/h5-8,11-16H,3-4,9-10,24H2,1-2H3. The SMILES string of the molecule is CC(C)n1ncc(N(N)c2ncnc3ccc(Oc4ccc(OCCC5CC5)cn4)cc23)n1. The summed E-state index contributed by atoms with van der Waals surface area (Å²) in [5.41, 5.74) is 0.728. The Morgan fingerprint density at radius 2 is 1.94 bits per heavy atom. The quantitative estimate of drug-likeness (QED) is 0.298. The van der Waals surface area contributed by atoms with Crippen LogP contribution in [0.2, 0.25) is 0 Å². The van der Waals surface area contributed by atoms with Crippen molar-refractivity contribution in [2.24, 2.45) is 11.8 Å². The first-order valence-corrected chi connectivity index (χ1v) is 11.0. The molecule has 1 aliphatic carbocycles. The summed E-state index contributed by atoms with van der Waals surface area (Å²) in [5, 5.41) is 10.8. The Kier molecular flexibility index (Phi) is 5.74. The molecule has 1 saturated carbocycles. The summed E-state index contributed by atoms with van der Waals surface area (Å²) >= 11 is 0. The molecule has 0 aliphatic heterocycles. The van der Waals surface area contributed by atoms with Crippen molar-refractivity contribution < 1.29 is 9.47 Å². The van der Waals surface area contributed by atoms with E-state index in [2.05, 4.69) is 25.1 Å². The van der Waals surface area contributed by atoms with Crippen molar-refractivity contribution >= 4 is 22.5 Å². The molecule has 1 aromatic carbocycles. The van der Waals surface area contributed by atoms with Gasteiger partial charge in [0.1, 0.15) is 17.8 Å². The number of benzene rings is 1. The third kappa shape index (κ3) is 4.85. The van der Waals surface area contributed by atoms with Crippen molar-refractivity contribution in [3.63, 3.8) is 0 Å². The number of hydrogen-bond acceptors (Lipinski definition) is 9. The van der Waals surface area contributed by atoms with Crippen LogP contribution in [-0.4, -0.2) is 36.6 Å². The molecule has 0 amide bonds. The van der Waals surface area contributed by atoms with Crippen LogP contribution in [0.25, 0.3) is 10.9 Å². The number of nitrogens with zero attached hydrogens (tertiary/aromatic N) is 7. The molecular weight excluding hydrogens is 420 g/mol. The molecule has 0 saturated heterocycles. The Bertz CT molecular complexity index is 1240. The molecule has 0 spiro atoms. The zero-order chi connectivity index (χ0) is 22.8. The number of ether oxygens (including phenoxy) is 2. The predicted octanol–water partition coefficient (Wildman–Crippen LogP) is 4.18. The Morgan fingerprint density at radius 1 is 1.09 bits per heavy atom. The summed E-state index contributed by atoms with van der Waals surface area (Å²) in [4.78, 5) is 14.7. The molecule has 33 heavy (non-hydrogen) atoms. The van der Waals surface area contributed by atoms with Crippen molar-refractivity contribution in [2.75, 3.05) is 11.6 Å². The maximum absolute atomic E-state index is 6.34. The number of hydrogen-bond donors (Lipinski definition) is 1. The normalized spacial score (nSPS) is 13.5. The van der Waals surface area contributed by atoms with E-state index in [0.29, 0.717) is 23.3 Å². The van der Waals surface area contributed by atoms with Gasteiger partial charge in [0.05, 0.1) is 30.6 Å². The molecule has 3 aromatic heterocycles. The lowest BCUT2D eigenvalue weighted by atomic mass is 10.2. The fraction of sp³-hybridized carbons (Fsp3) is 0.348. The van der Waals surface area contributed by atoms with Crippen molar-refractivity contribution in [2.45, 2.75) is 39.2 Å². The number of aromatic nitrogens is 6. The van der Waals surface area contributed by atoms with E-state index in [9.17, 15) is 0 Å². The van der Waals surface area contributed by atoms with Crippen molar-refractivity contribution in [1.82, 2.24) is 29.9 Å². The highest BCUT2D eigenvalue weighted by atomic mass is 16.5. The first-order valence-electron chi connectivity index (χ1n) is 11.0. The molecule has 10 nitrogen and oxygen atoms in total. The topological polar surface area (TPSA) is 117 Å². The van der Waals surface area contributed by atoms with Gasteiger partial charge in [0.2, 0.25) is 5.88 Å². The predicted molar refractivity (Wildman–Crippen MR) is 123 cm³/mol. The number of pyridine rings is 1. The van der Waals surface area contributed by atoms with E-state index >= 15 is 0 Å². The van der Waals surface area contributed by atoms with Crippen LogP contribution in [0, 0.1) is 5.92 Å². The van der Waals surface area contributed by atoms with E-state index in [0.717, 1.165) is 35.6 Å². The average Bonchev–Trinajstić information content (AvgIpc) is 3.51. The fourth-order valence-corrected chi connectivity index (χ4v) is 3.40. The van der Waals surface area contributed by atoms with Gasteiger partial charge in [-0.15, -0.1) is 5.10 Å². The number of rotatable bonds is 9. The molecule has 10 heteroatoms. The van der Waals surface area contributed by atoms with Crippen LogP contribution < -0.4 is 20.3 Å². The maximum Gasteiger partial charge on any atom is 0.219 e. The molecule has 170 valence electrons. The van der Waals surface area contributed by atoms with Crippen molar-refractivity contribution in [3.05, 3.63) is 49.1 Å². The van der Waals surface area contributed by atoms with E-state index in [1.165, 1.54) is 24.2 Å². The van der Waals surface area contributed by atoms with E-state index < -0.39 is 0 Å². The molecular formula is C23H26N8O2. The largest absolute Gasteiger partial charge is 0.492 e. The van der Waals surface area contributed by atoms with E-state index in [1.54, 1.807) is 23.3 Å². The minimum absolute atomic E-state index is 0.122. The molecule has 4 aromatic rings. The van der Waals surface area contributed by atoms with E-state index in [-0.39, 0.29) is 6.04 Å². The smallest absolute Gasteiger partial charge is 0.219 e. The van der Waals surface area contributed by atoms with Crippen LogP contribution >= 0.6 is 0 Å². The summed E-state index contributed by atoms with van der Waals surface area (Å²) in [5.74, 6) is 9.95. The zero-order valence-corrected chi connectivity index (χ0v) is 18.6. The zero-order valence-electron chi connectivity index (χ0n) is 18.6. The minimum Gasteiger partial charge on any atom is -0.492 e. The van der Waals surface area contributed by atoms with Gasteiger partial charge in [-0.3, -0.25) is 0 Å². The lowest BCUT2D eigenvalue weighted by Crippen LogP contribution is -2.27. The van der Waals surface area contributed by atoms with Gasteiger partial charge in [0, 0.05) is 11.5 Å². The highest BCUT2D eigenvalue weighted by Crippen LogP contribution is 2.33. The lowest BCUT2D eigenvalue weighted by Gasteiger charge is -2.16. The molecule has 2 N–H and O–H groups in total. The van der Waals surface area contributed by atoms with Gasteiger partial charge in [-0.25, -0.2) is 25.8 Å². The molecule has 3 heterocycles. The molecule has 1 fully saturated rings. The van der Waals surface area contributed by atoms with Crippen LogP contribution in [0.1, 0.15) is 39.2 Å². The first kappa shape index (κ1) is 21.1. The Balaban J connectivity index is 1.34. The number of fused-ring (bicyclic) bond motifs is 1. The fourth-order valence-electron chi connectivity index (χ4n) is 3.40. The van der Waals surface area contributed by atoms with Crippen LogP contribution in [0.15, 0.2) is 49.1 Å². The van der Waals surface area contributed by atoms with Crippen LogP contribution in [0.5, 0.6) is 17.4 Å². The second-order valence-electron chi connectivity index (χ2n) is 8.38. The monoisotopic (exact) mass is 446 g/mol. The van der Waals surface area contributed by atoms with E-state index in [1.807, 2.05) is 38.1 Å². The summed E-state index contributed by atoms with van der Waals surface area (Å²) in [6.07, 6.45) is 8.50. The Morgan fingerprint density at radius 3 is 2.67 bits per heavy atom. The molecule has 0 unspecified atom stereocenters. The third-order valence-corrected chi connectivity index (χ3v) is 5.44. The summed E-state index contributed by atoms with van der Waals surface area (Å²) in [6, 6.07) is 9.29. The lowest BCUT2D eigenvalue weighted by molar-refractivity contribution is 0.300. The molecule has 0 bridgehead atoms. The molecule has 5 rings (SSSR count). The number of nitrogens with two attached hydrogens (primary N) is 1. The second-order valence-corrected chi connectivity index (χ2v) is 8.38. The highest BCUT2D eigenvalue weighted by molar-refractivity contribution is 5.91. The van der Waals surface area contributed by atoms with Gasteiger partial charge in [-0.1, -0.05) is 12.8 Å². The molecule has 1 aliphatic rings. The molecule has 0 radical (unpaired) electrons. The summed E-state index contributed by atoms with van der Waals surface area (Å²) < 4.78 is 11.7. The van der Waals surface area contributed by atoms with Gasteiger partial charge in [-0.05, 0) is 50.5 Å². The van der Waals surface area contributed by atoms with Crippen molar-refractivity contribution in [1.29, 1.82) is 0 Å². The number of hydrazine groups is 1. The van der Waals surface area contributed by atoms with Crippen LogP contribution in [0.4, 0.5) is 11.6 Å². The van der Waals surface area contributed by atoms with Gasteiger partial charge in [0.15, 0.2) is 11.6 Å². The molecule has 0 atom stereocenters. The van der Waals surface area contributed by atoms with Crippen LogP contribution in [0.3, 0.4) is 0 Å². The highest BCUT2D eigenvalue weighted by Gasteiger charge is 2.20. The van der Waals surface area contributed by atoms with E-state index in [4.69, 9.17) is 15.3 Å². The minimum atomic E-state index is 0.122. The summed E-state index contributed by atoms with van der Waals surface area (Å²) in [6.45, 7) is 4.71. The van der Waals surface area contributed by atoms with Crippen LogP contribution in [-0.2, 0) is 0 Å². The maximum atomic E-state index is 6.34. The average molecular weight is 447 g/mol. The van der Waals surface area contributed by atoms with Gasteiger partial charge in [-0.2, -0.15) is 9.90 Å². The Hall–Kier alpha value is -3.79. The summed E-state index contributed by atoms with van der Waals surface area (Å²) in [7, 11) is 0. The van der Waals surface area contributed by atoms with Gasteiger partial charge in [0.25, 0.3) is 0 Å². The first-order chi connectivity index (χ1) is 16.1. The van der Waals surface area contributed by atoms with Gasteiger partial charge < -0.3 is 9.47 Å². The van der Waals surface area contributed by atoms with Crippen molar-refractivity contribution in [3.8, 4) is 17.4 Å².